The summed E-state index contributed by atoms with van der Waals surface area (Å²) < 4.78 is 1.57. The predicted octanol–water partition coefficient (Wildman–Crippen LogP) is 3.57. The fourth-order valence-electron chi connectivity index (χ4n) is 2.84. The number of benzene rings is 1. The second kappa shape index (κ2) is 10.9. The molecule has 29 heavy (non-hydrogen) atoms. The molecule has 0 fully saturated rings. The molecule has 0 saturated heterocycles. The van der Waals surface area contributed by atoms with Crippen LogP contribution in [0.15, 0.2) is 53.7 Å². The van der Waals surface area contributed by atoms with E-state index >= 15 is 0 Å². The van der Waals surface area contributed by atoms with Gasteiger partial charge in [0.05, 0.1) is 5.69 Å². The van der Waals surface area contributed by atoms with Gasteiger partial charge in [0.1, 0.15) is 5.82 Å². The van der Waals surface area contributed by atoms with Crippen molar-refractivity contribution in [2.45, 2.75) is 39.2 Å². The maximum atomic E-state index is 5.62. The molecule has 3 rings (SSSR count). The first-order valence-corrected chi connectivity index (χ1v) is 9.96. The lowest BCUT2D eigenvalue weighted by atomic mass is 10.1. The van der Waals surface area contributed by atoms with Gasteiger partial charge in [0.2, 0.25) is 5.82 Å². The first kappa shape index (κ1) is 20.4. The second-order valence-corrected chi connectivity index (χ2v) is 6.71. The van der Waals surface area contributed by atoms with Gasteiger partial charge in [-0.05, 0) is 29.0 Å². The molecule has 0 saturated carbocycles. The summed E-state index contributed by atoms with van der Waals surface area (Å²) >= 11 is 0. The molecule has 0 amide bonds. The van der Waals surface area contributed by atoms with E-state index in [0.717, 1.165) is 30.0 Å². The van der Waals surface area contributed by atoms with Gasteiger partial charge >= 0.3 is 0 Å². The molecule has 0 aliphatic rings. The van der Waals surface area contributed by atoms with Crippen LogP contribution in [0.2, 0.25) is 0 Å². The van der Waals surface area contributed by atoms with Crippen LogP contribution in [0.25, 0.3) is 0 Å². The van der Waals surface area contributed by atoms with E-state index in [2.05, 4.69) is 37.9 Å². The second-order valence-electron chi connectivity index (χ2n) is 6.71. The minimum Gasteiger partial charge on any atom is -0.389 e. The molecule has 1 N–H and O–H groups in total. The van der Waals surface area contributed by atoms with Crippen LogP contribution in [0, 0.1) is 0 Å². The van der Waals surface area contributed by atoms with E-state index in [4.69, 9.17) is 4.84 Å². The van der Waals surface area contributed by atoms with Crippen molar-refractivity contribution in [1.82, 2.24) is 25.2 Å². The fourth-order valence-corrected chi connectivity index (χ4v) is 2.84. The number of rotatable bonds is 11. The van der Waals surface area contributed by atoms with E-state index in [1.165, 1.54) is 19.3 Å². The molecule has 0 aliphatic carbocycles. The van der Waals surface area contributed by atoms with Crippen molar-refractivity contribution in [2.24, 2.45) is 12.2 Å². The molecule has 0 radical (unpaired) electrons. The zero-order valence-corrected chi connectivity index (χ0v) is 17.0. The zero-order chi connectivity index (χ0) is 20.3. The van der Waals surface area contributed by atoms with Gasteiger partial charge in [-0.25, -0.2) is 9.67 Å². The minimum absolute atomic E-state index is 0.257. The monoisotopic (exact) mass is 393 g/mol. The molecule has 0 bridgehead atoms. The van der Waals surface area contributed by atoms with E-state index in [9.17, 15) is 0 Å². The molecule has 152 valence electrons. The van der Waals surface area contributed by atoms with Gasteiger partial charge in [-0.1, -0.05) is 67.7 Å². The third kappa shape index (κ3) is 6.10. The third-order valence-electron chi connectivity index (χ3n) is 4.39. The average Bonchev–Trinajstić information content (AvgIpc) is 3.17. The molecule has 0 atom stereocenters. The predicted molar refractivity (Wildman–Crippen MR) is 113 cm³/mol. The Kier molecular flexibility index (Phi) is 7.68. The Morgan fingerprint density at radius 2 is 1.93 bits per heavy atom. The van der Waals surface area contributed by atoms with E-state index in [1.54, 1.807) is 11.7 Å². The Bertz CT molecular complexity index is 908. The standard InChI is InChI=1S/C21H27N7O/c1-3-4-5-9-15-22-19-14-10-13-18(23-19)16-29-25-20(17-11-7-6-8-12-17)21-24-26-27-28(21)2/h6-8,10-14H,3-5,9,15-16H2,1-2H3,(H,22,23)/b25-20-. The largest absolute Gasteiger partial charge is 0.389 e. The summed E-state index contributed by atoms with van der Waals surface area (Å²) in [6.07, 6.45) is 4.89. The summed E-state index contributed by atoms with van der Waals surface area (Å²) in [6.45, 7) is 3.39. The van der Waals surface area contributed by atoms with Crippen molar-refractivity contribution in [2.75, 3.05) is 11.9 Å². The summed E-state index contributed by atoms with van der Waals surface area (Å²) in [5.41, 5.74) is 2.25. The number of aryl methyl sites for hydroxylation is 1. The molecule has 2 heterocycles. The summed E-state index contributed by atoms with van der Waals surface area (Å²) in [5, 5.41) is 19.3. The van der Waals surface area contributed by atoms with Crippen LogP contribution in [0.3, 0.4) is 0 Å². The zero-order valence-electron chi connectivity index (χ0n) is 17.0. The van der Waals surface area contributed by atoms with Gasteiger partial charge in [0.25, 0.3) is 0 Å². The number of unbranched alkanes of at least 4 members (excludes halogenated alkanes) is 3. The van der Waals surface area contributed by atoms with E-state index in [-0.39, 0.29) is 6.61 Å². The van der Waals surface area contributed by atoms with Gasteiger partial charge in [-0.3, -0.25) is 0 Å². The number of nitrogens with zero attached hydrogens (tertiary/aromatic N) is 6. The minimum atomic E-state index is 0.257. The normalized spacial score (nSPS) is 11.4. The van der Waals surface area contributed by atoms with Crippen molar-refractivity contribution in [1.29, 1.82) is 0 Å². The van der Waals surface area contributed by atoms with Crippen LogP contribution in [-0.2, 0) is 18.5 Å². The lowest BCUT2D eigenvalue weighted by Gasteiger charge is -2.08. The number of anilines is 1. The lowest BCUT2D eigenvalue weighted by molar-refractivity contribution is 0.128. The molecule has 8 heteroatoms. The molecule has 0 spiro atoms. The topological polar surface area (TPSA) is 90.1 Å². The Morgan fingerprint density at radius 3 is 2.69 bits per heavy atom. The van der Waals surface area contributed by atoms with Crippen molar-refractivity contribution < 1.29 is 4.84 Å². The van der Waals surface area contributed by atoms with Crippen molar-refractivity contribution in [3.63, 3.8) is 0 Å². The van der Waals surface area contributed by atoms with Crippen LogP contribution in [-0.4, -0.2) is 37.4 Å². The molecular weight excluding hydrogens is 366 g/mol. The van der Waals surface area contributed by atoms with Crippen LogP contribution in [0.1, 0.15) is 49.7 Å². The van der Waals surface area contributed by atoms with Crippen LogP contribution in [0.5, 0.6) is 0 Å². The smallest absolute Gasteiger partial charge is 0.204 e. The number of oxime groups is 1. The van der Waals surface area contributed by atoms with E-state index in [0.29, 0.717) is 11.5 Å². The summed E-state index contributed by atoms with van der Waals surface area (Å²) in [4.78, 5) is 10.2. The molecular formula is C21H27N7O. The third-order valence-corrected chi connectivity index (χ3v) is 4.39. The van der Waals surface area contributed by atoms with Crippen LogP contribution >= 0.6 is 0 Å². The molecule has 1 aromatic carbocycles. The molecule has 0 aliphatic heterocycles. The Hall–Kier alpha value is -3.29. The Morgan fingerprint density at radius 1 is 1.07 bits per heavy atom. The molecule has 8 nitrogen and oxygen atoms in total. The fraction of sp³-hybridized carbons (Fsp3) is 0.381. The van der Waals surface area contributed by atoms with E-state index in [1.807, 2.05) is 48.5 Å². The number of hydrogen-bond donors (Lipinski definition) is 1. The first-order chi connectivity index (χ1) is 14.3. The van der Waals surface area contributed by atoms with Crippen molar-refractivity contribution in [3.8, 4) is 0 Å². The van der Waals surface area contributed by atoms with Gasteiger partial charge in [-0.2, -0.15) is 0 Å². The maximum Gasteiger partial charge on any atom is 0.204 e. The number of tetrazole rings is 1. The van der Waals surface area contributed by atoms with Gasteiger partial charge in [0, 0.05) is 19.2 Å². The number of pyridine rings is 1. The summed E-state index contributed by atoms with van der Waals surface area (Å²) in [7, 11) is 1.77. The quantitative estimate of drug-likeness (QED) is 0.304. The van der Waals surface area contributed by atoms with Crippen molar-refractivity contribution >= 4 is 11.5 Å². The highest BCUT2D eigenvalue weighted by atomic mass is 16.6. The summed E-state index contributed by atoms with van der Waals surface area (Å²) in [5.74, 6) is 1.39. The van der Waals surface area contributed by atoms with Gasteiger partial charge in [0.15, 0.2) is 12.3 Å². The summed E-state index contributed by atoms with van der Waals surface area (Å²) in [6, 6.07) is 15.6. The maximum absolute atomic E-state index is 5.62. The Labute approximate surface area is 171 Å². The van der Waals surface area contributed by atoms with E-state index < -0.39 is 0 Å². The van der Waals surface area contributed by atoms with Gasteiger partial charge < -0.3 is 10.2 Å². The molecule has 3 aromatic rings. The SMILES string of the molecule is CCCCCCNc1cccc(CO/N=C(/c2ccccc2)c2nnnn2C)n1. The number of hydrogen-bond acceptors (Lipinski definition) is 7. The Balaban J connectivity index is 1.64. The molecule has 2 aromatic heterocycles. The highest BCUT2D eigenvalue weighted by Gasteiger charge is 2.14. The van der Waals surface area contributed by atoms with Crippen molar-refractivity contribution in [3.05, 3.63) is 65.6 Å². The highest BCUT2D eigenvalue weighted by Crippen LogP contribution is 2.10. The first-order valence-electron chi connectivity index (χ1n) is 9.96. The van der Waals surface area contributed by atoms with Crippen LogP contribution in [0.4, 0.5) is 5.82 Å². The van der Waals surface area contributed by atoms with Crippen LogP contribution < -0.4 is 5.32 Å². The average molecular weight is 393 g/mol. The number of aromatic nitrogens is 5. The van der Waals surface area contributed by atoms with Gasteiger partial charge in [-0.15, -0.1) is 5.10 Å². The highest BCUT2D eigenvalue weighted by molar-refractivity contribution is 6.10. The number of nitrogens with one attached hydrogen (secondary N) is 1. The lowest BCUT2D eigenvalue weighted by Crippen LogP contribution is -2.12. The molecule has 0 unspecified atom stereocenters.